The van der Waals surface area contributed by atoms with Crippen LogP contribution in [0.1, 0.15) is 50.3 Å². The number of rotatable bonds is 13. The molecular formula is C32H41N3O5S. The van der Waals surface area contributed by atoms with Crippen LogP contribution in [-0.4, -0.2) is 50.9 Å². The van der Waals surface area contributed by atoms with Gasteiger partial charge in [0.1, 0.15) is 18.3 Å². The van der Waals surface area contributed by atoms with Crippen LogP contribution in [0.15, 0.2) is 77.7 Å². The number of carbonyl (C=O) groups is 2. The molecule has 3 rings (SSSR count). The van der Waals surface area contributed by atoms with Gasteiger partial charge in [0.05, 0.1) is 17.7 Å². The number of sulfonamides is 1. The van der Waals surface area contributed by atoms with Crippen molar-refractivity contribution in [2.45, 2.75) is 71.0 Å². The van der Waals surface area contributed by atoms with Crippen LogP contribution >= 0.6 is 0 Å². The Morgan fingerprint density at radius 2 is 1.59 bits per heavy atom. The zero-order valence-electron chi connectivity index (χ0n) is 24.8. The Balaban J connectivity index is 2.07. The van der Waals surface area contributed by atoms with Crippen molar-refractivity contribution in [3.8, 4) is 5.75 Å². The molecule has 0 heterocycles. The van der Waals surface area contributed by atoms with Crippen molar-refractivity contribution in [3.05, 3.63) is 89.5 Å². The van der Waals surface area contributed by atoms with E-state index < -0.39 is 28.5 Å². The average molecular weight is 580 g/mol. The van der Waals surface area contributed by atoms with Crippen LogP contribution < -0.4 is 14.4 Å². The minimum Gasteiger partial charge on any atom is -0.497 e. The van der Waals surface area contributed by atoms with Crippen LogP contribution in [0, 0.1) is 13.8 Å². The zero-order chi connectivity index (χ0) is 30.2. The second-order valence-electron chi connectivity index (χ2n) is 10.3. The molecule has 3 aromatic carbocycles. The van der Waals surface area contributed by atoms with Gasteiger partial charge in [0.15, 0.2) is 0 Å². The number of hydrogen-bond donors (Lipinski definition) is 1. The molecule has 0 unspecified atom stereocenters. The number of nitrogens with zero attached hydrogens (tertiary/aromatic N) is 2. The van der Waals surface area contributed by atoms with Crippen LogP contribution in [-0.2, 0) is 26.2 Å². The lowest BCUT2D eigenvalue weighted by molar-refractivity contribution is -0.140. The highest BCUT2D eigenvalue weighted by molar-refractivity contribution is 7.92. The lowest BCUT2D eigenvalue weighted by atomic mass is 10.1. The van der Waals surface area contributed by atoms with Gasteiger partial charge in [0.25, 0.3) is 10.0 Å². The second-order valence-corrected chi connectivity index (χ2v) is 12.1. The first kappa shape index (κ1) is 31.7. The quantitative estimate of drug-likeness (QED) is 0.299. The van der Waals surface area contributed by atoms with Crippen molar-refractivity contribution in [3.63, 3.8) is 0 Å². The molecule has 0 saturated carbocycles. The molecule has 0 aliphatic heterocycles. The van der Waals surface area contributed by atoms with Gasteiger partial charge in [-0.05, 0) is 81.1 Å². The molecule has 220 valence electrons. The molecule has 1 N–H and O–H groups in total. The normalized spacial score (nSPS) is 12.7. The highest BCUT2D eigenvalue weighted by atomic mass is 32.2. The third kappa shape index (κ3) is 8.10. The maximum absolute atomic E-state index is 14.2. The molecule has 0 aliphatic rings. The molecule has 2 amide bonds. The first-order valence-corrected chi connectivity index (χ1v) is 15.3. The number of methoxy groups -OCH3 is 1. The van der Waals surface area contributed by atoms with Gasteiger partial charge in [-0.2, -0.15) is 0 Å². The van der Waals surface area contributed by atoms with E-state index in [0.29, 0.717) is 17.9 Å². The Morgan fingerprint density at radius 1 is 0.902 bits per heavy atom. The van der Waals surface area contributed by atoms with E-state index in [1.165, 1.54) is 4.90 Å². The number of anilines is 1. The van der Waals surface area contributed by atoms with Crippen LogP contribution in [0.5, 0.6) is 5.75 Å². The molecule has 0 aromatic heterocycles. The van der Waals surface area contributed by atoms with Gasteiger partial charge in [-0.15, -0.1) is 0 Å². The molecule has 8 nitrogen and oxygen atoms in total. The molecule has 41 heavy (non-hydrogen) atoms. The summed E-state index contributed by atoms with van der Waals surface area (Å²) in [7, 11) is -2.55. The summed E-state index contributed by atoms with van der Waals surface area (Å²) in [6, 6.07) is 20.0. The van der Waals surface area contributed by atoms with Crippen LogP contribution in [0.2, 0.25) is 0 Å². The summed E-state index contributed by atoms with van der Waals surface area (Å²) >= 11 is 0. The molecule has 0 bridgehead atoms. The fourth-order valence-electron chi connectivity index (χ4n) is 4.48. The molecule has 0 aliphatic carbocycles. The van der Waals surface area contributed by atoms with Gasteiger partial charge in [-0.25, -0.2) is 8.42 Å². The molecule has 0 fully saturated rings. The van der Waals surface area contributed by atoms with Crippen molar-refractivity contribution in [2.24, 2.45) is 0 Å². The Hall–Kier alpha value is -3.85. The van der Waals surface area contributed by atoms with Gasteiger partial charge in [-0.3, -0.25) is 13.9 Å². The Bertz CT molecular complexity index is 1440. The van der Waals surface area contributed by atoms with Gasteiger partial charge in [-0.1, -0.05) is 55.8 Å². The molecule has 9 heteroatoms. The number of amides is 2. The number of nitrogens with one attached hydrogen (secondary N) is 1. The summed E-state index contributed by atoms with van der Waals surface area (Å²) in [5.41, 5.74) is 2.91. The maximum atomic E-state index is 14.2. The molecular weight excluding hydrogens is 538 g/mol. The lowest BCUT2D eigenvalue weighted by Gasteiger charge is -2.34. The minimum absolute atomic E-state index is 0.0731. The zero-order valence-corrected chi connectivity index (χ0v) is 25.6. The van der Waals surface area contributed by atoms with Crippen molar-refractivity contribution in [1.29, 1.82) is 0 Å². The summed E-state index contributed by atoms with van der Waals surface area (Å²) in [6.07, 6.45) is 1.09. The summed E-state index contributed by atoms with van der Waals surface area (Å²) < 4.78 is 34.4. The van der Waals surface area contributed by atoms with E-state index >= 15 is 0 Å². The highest BCUT2D eigenvalue weighted by Crippen LogP contribution is 2.26. The van der Waals surface area contributed by atoms with Crippen LogP contribution in [0.4, 0.5) is 5.69 Å². The minimum atomic E-state index is -4.11. The first-order valence-electron chi connectivity index (χ1n) is 13.9. The summed E-state index contributed by atoms with van der Waals surface area (Å²) in [5.74, 6) is -0.145. The lowest BCUT2D eigenvalue weighted by Crippen LogP contribution is -2.53. The first-order chi connectivity index (χ1) is 19.5. The highest BCUT2D eigenvalue weighted by Gasteiger charge is 2.34. The van der Waals surface area contributed by atoms with Gasteiger partial charge in [0, 0.05) is 12.6 Å². The Kier molecular flexibility index (Phi) is 10.9. The van der Waals surface area contributed by atoms with E-state index in [0.717, 1.165) is 27.4 Å². The van der Waals surface area contributed by atoms with Crippen molar-refractivity contribution < 1.29 is 22.7 Å². The number of hydrogen-bond acceptors (Lipinski definition) is 5. The molecule has 2 atom stereocenters. The van der Waals surface area contributed by atoms with Crippen LogP contribution in [0.3, 0.4) is 0 Å². The van der Waals surface area contributed by atoms with E-state index in [4.69, 9.17) is 4.74 Å². The predicted molar refractivity (Wildman–Crippen MR) is 162 cm³/mol. The second kappa shape index (κ2) is 14.2. The molecule has 0 saturated heterocycles. The summed E-state index contributed by atoms with van der Waals surface area (Å²) in [6.45, 7) is 9.10. The SMILES string of the molecule is CC[C@H](C)NC(=O)[C@H](CC)N(Cc1cccc(OC)c1)C(=O)CN(c1cccc(C)c1)S(=O)(=O)c1ccc(C)cc1. The van der Waals surface area contributed by atoms with E-state index in [2.05, 4.69) is 5.32 Å². The molecule has 0 radical (unpaired) electrons. The van der Waals surface area contributed by atoms with Crippen molar-refractivity contribution >= 4 is 27.5 Å². The number of aryl methyl sites for hydroxylation is 2. The molecule has 0 spiro atoms. The number of benzene rings is 3. The standard InChI is InChI=1S/C32H41N3O5S/c1-7-25(5)33-32(37)30(8-2)34(21-26-12-10-14-28(20-26)40-6)31(36)22-35(27-13-9-11-24(4)19-27)41(38,39)29-17-15-23(3)16-18-29/h9-20,25,30H,7-8,21-22H2,1-6H3,(H,33,37)/t25-,30-/m0/s1. The Morgan fingerprint density at radius 3 is 2.20 bits per heavy atom. The number of carbonyl (C=O) groups excluding carboxylic acids is 2. The van der Waals surface area contributed by atoms with E-state index in [1.54, 1.807) is 61.7 Å². The van der Waals surface area contributed by atoms with Gasteiger partial charge >= 0.3 is 0 Å². The largest absolute Gasteiger partial charge is 0.497 e. The fraction of sp³-hybridized carbons (Fsp3) is 0.375. The Labute approximate surface area is 244 Å². The average Bonchev–Trinajstić information content (AvgIpc) is 2.95. The van der Waals surface area contributed by atoms with E-state index in [1.807, 2.05) is 52.8 Å². The third-order valence-corrected chi connectivity index (χ3v) is 8.84. The topological polar surface area (TPSA) is 96.0 Å². The summed E-state index contributed by atoms with van der Waals surface area (Å²) in [4.78, 5) is 29.1. The molecule has 3 aromatic rings. The van der Waals surface area contributed by atoms with Crippen molar-refractivity contribution in [2.75, 3.05) is 18.0 Å². The fourth-order valence-corrected chi connectivity index (χ4v) is 5.88. The summed E-state index contributed by atoms with van der Waals surface area (Å²) in [5, 5.41) is 2.99. The van der Waals surface area contributed by atoms with E-state index in [-0.39, 0.29) is 23.4 Å². The third-order valence-electron chi connectivity index (χ3n) is 7.05. The van der Waals surface area contributed by atoms with Crippen LogP contribution in [0.25, 0.3) is 0 Å². The van der Waals surface area contributed by atoms with Gasteiger partial charge < -0.3 is 15.0 Å². The van der Waals surface area contributed by atoms with Crippen molar-refractivity contribution in [1.82, 2.24) is 10.2 Å². The monoisotopic (exact) mass is 579 g/mol. The predicted octanol–water partition coefficient (Wildman–Crippen LogP) is 5.23. The number of ether oxygens (including phenoxy) is 1. The smallest absolute Gasteiger partial charge is 0.264 e. The maximum Gasteiger partial charge on any atom is 0.264 e. The van der Waals surface area contributed by atoms with Gasteiger partial charge in [0.2, 0.25) is 11.8 Å². The van der Waals surface area contributed by atoms with E-state index in [9.17, 15) is 18.0 Å².